The SMILES string of the molecule is CCNC(=NCCc1cc(F)ccc1F)N(C)Cc1csc(C(C)OC)n1. The van der Waals surface area contributed by atoms with Gasteiger partial charge in [0.25, 0.3) is 0 Å². The number of halogens is 2. The van der Waals surface area contributed by atoms with E-state index in [-0.39, 0.29) is 6.10 Å². The maximum Gasteiger partial charge on any atom is 0.194 e. The molecule has 5 nitrogen and oxygen atoms in total. The molecule has 0 radical (unpaired) electrons. The molecule has 2 aromatic rings. The monoisotopic (exact) mass is 396 g/mol. The topological polar surface area (TPSA) is 49.8 Å². The van der Waals surface area contributed by atoms with Crippen LogP contribution in [0.4, 0.5) is 8.78 Å². The van der Waals surface area contributed by atoms with E-state index in [0.29, 0.717) is 37.6 Å². The second-order valence-corrected chi connectivity index (χ2v) is 7.02. The average molecular weight is 397 g/mol. The summed E-state index contributed by atoms with van der Waals surface area (Å²) in [6.07, 6.45) is 0.301. The molecule has 0 saturated heterocycles. The van der Waals surface area contributed by atoms with E-state index >= 15 is 0 Å². The summed E-state index contributed by atoms with van der Waals surface area (Å²) in [6.45, 7) is 5.60. The highest BCUT2D eigenvalue weighted by Crippen LogP contribution is 2.21. The number of ether oxygens (including phenoxy) is 1. The fourth-order valence-electron chi connectivity index (χ4n) is 2.49. The Morgan fingerprint density at radius 3 is 2.89 bits per heavy atom. The van der Waals surface area contributed by atoms with Gasteiger partial charge in [-0.25, -0.2) is 13.8 Å². The first kappa shape index (κ1) is 21.2. The van der Waals surface area contributed by atoms with E-state index in [2.05, 4.69) is 15.3 Å². The Morgan fingerprint density at radius 2 is 2.19 bits per heavy atom. The van der Waals surface area contributed by atoms with Crippen molar-refractivity contribution in [3.8, 4) is 0 Å². The van der Waals surface area contributed by atoms with Crippen LogP contribution in [0.3, 0.4) is 0 Å². The molecule has 1 aromatic carbocycles. The highest BCUT2D eigenvalue weighted by Gasteiger charge is 2.13. The lowest BCUT2D eigenvalue weighted by Gasteiger charge is -2.21. The number of hydrogen-bond acceptors (Lipinski definition) is 4. The Balaban J connectivity index is 2.00. The molecule has 1 heterocycles. The lowest BCUT2D eigenvalue weighted by atomic mass is 10.1. The standard InChI is InChI=1S/C19H26F2N4OS/c1-5-22-19(23-9-8-14-10-15(20)6-7-17(14)21)25(3)11-16-12-27-18(24-16)13(2)26-4/h6-7,10,12-13H,5,8-9,11H2,1-4H3,(H,22,23). The van der Waals surface area contributed by atoms with Gasteiger partial charge in [0.1, 0.15) is 22.7 Å². The molecular weight excluding hydrogens is 370 g/mol. The number of aliphatic imine (C=N–C) groups is 1. The van der Waals surface area contributed by atoms with E-state index < -0.39 is 11.6 Å². The van der Waals surface area contributed by atoms with Crippen LogP contribution in [0.25, 0.3) is 0 Å². The second kappa shape index (κ2) is 10.3. The predicted octanol–water partition coefficient (Wildman–Crippen LogP) is 3.77. The largest absolute Gasteiger partial charge is 0.375 e. The summed E-state index contributed by atoms with van der Waals surface area (Å²) in [5.74, 6) is -0.153. The van der Waals surface area contributed by atoms with Crippen LogP contribution in [0.5, 0.6) is 0 Å². The Morgan fingerprint density at radius 1 is 1.41 bits per heavy atom. The van der Waals surface area contributed by atoms with Gasteiger partial charge in [-0.3, -0.25) is 4.99 Å². The zero-order chi connectivity index (χ0) is 19.8. The minimum Gasteiger partial charge on any atom is -0.375 e. The van der Waals surface area contributed by atoms with Crippen LogP contribution in [-0.4, -0.2) is 43.1 Å². The van der Waals surface area contributed by atoms with Crippen molar-refractivity contribution in [2.75, 3.05) is 27.2 Å². The highest BCUT2D eigenvalue weighted by atomic mass is 32.1. The fourth-order valence-corrected chi connectivity index (χ4v) is 3.33. The third kappa shape index (κ3) is 6.25. The normalized spacial score (nSPS) is 12.9. The molecule has 0 fully saturated rings. The third-order valence-corrected chi connectivity index (χ3v) is 5.07. The zero-order valence-corrected chi connectivity index (χ0v) is 16.9. The van der Waals surface area contributed by atoms with Crippen molar-refractivity contribution in [1.29, 1.82) is 0 Å². The van der Waals surface area contributed by atoms with Gasteiger partial charge in [-0.1, -0.05) is 0 Å². The number of thiazole rings is 1. The molecule has 0 aliphatic carbocycles. The molecule has 1 unspecified atom stereocenters. The lowest BCUT2D eigenvalue weighted by Crippen LogP contribution is -2.38. The van der Waals surface area contributed by atoms with Gasteiger partial charge >= 0.3 is 0 Å². The number of aromatic nitrogens is 1. The van der Waals surface area contributed by atoms with Crippen molar-refractivity contribution >= 4 is 17.3 Å². The maximum atomic E-state index is 13.7. The van der Waals surface area contributed by atoms with Crippen molar-refractivity contribution in [3.05, 3.63) is 51.5 Å². The van der Waals surface area contributed by atoms with Crippen LogP contribution < -0.4 is 5.32 Å². The summed E-state index contributed by atoms with van der Waals surface area (Å²) in [5.41, 5.74) is 1.26. The molecule has 0 aliphatic heterocycles. The minimum absolute atomic E-state index is 0.0304. The van der Waals surface area contributed by atoms with Crippen LogP contribution in [0, 0.1) is 11.6 Å². The van der Waals surface area contributed by atoms with Gasteiger partial charge in [0.15, 0.2) is 5.96 Å². The minimum atomic E-state index is -0.441. The van der Waals surface area contributed by atoms with Gasteiger partial charge in [-0.05, 0) is 44.0 Å². The smallest absolute Gasteiger partial charge is 0.194 e. The highest BCUT2D eigenvalue weighted by molar-refractivity contribution is 7.09. The number of benzene rings is 1. The van der Waals surface area contributed by atoms with Gasteiger partial charge in [0, 0.05) is 32.6 Å². The van der Waals surface area contributed by atoms with E-state index in [0.717, 1.165) is 22.8 Å². The summed E-state index contributed by atoms with van der Waals surface area (Å²) >= 11 is 1.57. The molecule has 8 heteroatoms. The molecule has 1 N–H and O–H groups in total. The molecule has 0 aliphatic rings. The first-order chi connectivity index (χ1) is 12.9. The number of hydrogen-bond donors (Lipinski definition) is 1. The van der Waals surface area contributed by atoms with Crippen LogP contribution in [0.2, 0.25) is 0 Å². The first-order valence-electron chi connectivity index (χ1n) is 8.85. The molecule has 1 aromatic heterocycles. The van der Waals surface area contributed by atoms with Gasteiger partial charge in [0.2, 0.25) is 0 Å². The first-order valence-corrected chi connectivity index (χ1v) is 9.73. The van der Waals surface area contributed by atoms with Crippen molar-refractivity contribution in [1.82, 2.24) is 15.2 Å². The molecular formula is C19H26F2N4OS. The van der Waals surface area contributed by atoms with Crippen LogP contribution in [0.1, 0.15) is 36.2 Å². The Labute approximate surface area is 163 Å². The van der Waals surface area contributed by atoms with Gasteiger partial charge in [0.05, 0.1) is 12.2 Å². The number of nitrogens with one attached hydrogen (secondary N) is 1. The summed E-state index contributed by atoms with van der Waals surface area (Å²) < 4.78 is 32.3. The average Bonchev–Trinajstić information content (AvgIpc) is 3.11. The molecule has 148 valence electrons. The summed E-state index contributed by atoms with van der Waals surface area (Å²) in [6, 6.07) is 3.48. The molecule has 0 bridgehead atoms. The molecule has 2 rings (SSSR count). The van der Waals surface area contributed by atoms with Crippen molar-refractivity contribution < 1.29 is 13.5 Å². The van der Waals surface area contributed by atoms with E-state index in [4.69, 9.17) is 4.74 Å². The van der Waals surface area contributed by atoms with Gasteiger partial charge < -0.3 is 15.0 Å². The van der Waals surface area contributed by atoms with Crippen molar-refractivity contribution in [3.63, 3.8) is 0 Å². The van der Waals surface area contributed by atoms with Gasteiger partial charge in [-0.15, -0.1) is 11.3 Å². The predicted molar refractivity (Wildman–Crippen MR) is 105 cm³/mol. The quantitative estimate of drug-likeness (QED) is 0.545. The van der Waals surface area contributed by atoms with E-state index in [1.165, 1.54) is 6.07 Å². The van der Waals surface area contributed by atoms with E-state index in [1.807, 2.05) is 31.2 Å². The number of methoxy groups -OCH3 is 1. The maximum absolute atomic E-state index is 13.7. The molecule has 0 spiro atoms. The van der Waals surface area contributed by atoms with Crippen molar-refractivity contribution in [2.24, 2.45) is 4.99 Å². The molecule has 1 atom stereocenters. The number of nitrogens with zero attached hydrogens (tertiary/aromatic N) is 3. The Hall–Kier alpha value is -2.06. The Kier molecular flexibility index (Phi) is 8.12. The zero-order valence-electron chi connectivity index (χ0n) is 16.1. The third-order valence-electron chi connectivity index (χ3n) is 4.02. The van der Waals surface area contributed by atoms with Crippen LogP contribution in [-0.2, 0) is 17.7 Å². The molecule has 27 heavy (non-hydrogen) atoms. The van der Waals surface area contributed by atoms with Gasteiger partial charge in [-0.2, -0.15) is 0 Å². The number of rotatable bonds is 8. The summed E-state index contributed by atoms with van der Waals surface area (Å²) in [4.78, 5) is 11.1. The van der Waals surface area contributed by atoms with E-state index in [1.54, 1.807) is 18.4 Å². The summed E-state index contributed by atoms with van der Waals surface area (Å²) in [7, 11) is 3.58. The lowest BCUT2D eigenvalue weighted by molar-refractivity contribution is 0.119. The number of guanidine groups is 1. The van der Waals surface area contributed by atoms with Crippen molar-refractivity contribution in [2.45, 2.75) is 32.9 Å². The van der Waals surface area contributed by atoms with Crippen LogP contribution >= 0.6 is 11.3 Å². The Bertz CT molecular complexity index is 766. The molecule has 0 saturated carbocycles. The van der Waals surface area contributed by atoms with E-state index in [9.17, 15) is 8.78 Å². The molecule has 0 amide bonds. The summed E-state index contributed by atoms with van der Waals surface area (Å²) in [5, 5.41) is 6.16. The fraction of sp³-hybridized carbons (Fsp3) is 0.474. The second-order valence-electron chi connectivity index (χ2n) is 6.13. The van der Waals surface area contributed by atoms with Crippen LogP contribution in [0.15, 0.2) is 28.6 Å².